The number of thioether (sulfide) groups is 1. The van der Waals surface area contributed by atoms with E-state index in [0.717, 1.165) is 19.0 Å². The first-order valence-corrected chi connectivity index (χ1v) is 6.25. The van der Waals surface area contributed by atoms with Gasteiger partial charge in [0.05, 0.1) is 0 Å². The van der Waals surface area contributed by atoms with Crippen molar-refractivity contribution < 1.29 is 0 Å². The maximum atomic E-state index is 4.37. The van der Waals surface area contributed by atoms with Gasteiger partial charge in [-0.25, -0.2) is 5.32 Å². The van der Waals surface area contributed by atoms with Gasteiger partial charge in [0.2, 0.25) is 0 Å². The predicted octanol–water partition coefficient (Wildman–Crippen LogP) is 2.79. The van der Waals surface area contributed by atoms with E-state index in [0.29, 0.717) is 0 Å². The molecule has 0 unspecified atom stereocenters. The van der Waals surface area contributed by atoms with Gasteiger partial charge in [0.1, 0.15) is 0 Å². The largest absolute Gasteiger partial charge is 0.242 e. The van der Waals surface area contributed by atoms with Crippen LogP contribution in [-0.2, 0) is 0 Å². The van der Waals surface area contributed by atoms with Crippen LogP contribution in [0.15, 0.2) is 35.2 Å². The Labute approximate surface area is 90.3 Å². The lowest BCUT2D eigenvalue weighted by molar-refractivity contribution is 0.402. The summed E-state index contributed by atoms with van der Waals surface area (Å²) >= 11 is 1.99. The van der Waals surface area contributed by atoms with E-state index >= 15 is 0 Å². The molecule has 0 N–H and O–H groups in total. The summed E-state index contributed by atoms with van der Waals surface area (Å²) in [6.07, 6.45) is 2.58. The van der Waals surface area contributed by atoms with E-state index in [9.17, 15) is 0 Å². The van der Waals surface area contributed by atoms with Crippen molar-refractivity contribution in [2.24, 2.45) is 5.92 Å². The van der Waals surface area contributed by atoms with Gasteiger partial charge in [0, 0.05) is 23.7 Å². The number of hydrogen-bond acceptors (Lipinski definition) is 1. The standard InChI is InChI=1S/C12H16NS/c1-2-4-12(5-3-1)14-10-11-6-8-13-9-7-11/h1-5,11H,6-10H2. The summed E-state index contributed by atoms with van der Waals surface area (Å²) < 4.78 is 0. The second-order valence-corrected chi connectivity index (χ2v) is 4.83. The van der Waals surface area contributed by atoms with E-state index in [1.54, 1.807) is 0 Å². The molecule has 0 spiro atoms. The summed E-state index contributed by atoms with van der Waals surface area (Å²) in [5.41, 5.74) is 0. The van der Waals surface area contributed by atoms with Gasteiger partial charge in [0.15, 0.2) is 0 Å². The summed E-state index contributed by atoms with van der Waals surface area (Å²) in [5.74, 6) is 2.15. The first-order valence-electron chi connectivity index (χ1n) is 5.26. The van der Waals surface area contributed by atoms with Gasteiger partial charge in [0.25, 0.3) is 0 Å². The fourth-order valence-electron chi connectivity index (χ4n) is 1.70. The molecular formula is C12H16NS. The van der Waals surface area contributed by atoms with Crippen LogP contribution >= 0.6 is 11.8 Å². The second-order valence-electron chi connectivity index (χ2n) is 3.74. The molecule has 14 heavy (non-hydrogen) atoms. The molecule has 1 saturated heterocycles. The summed E-state index contributed by atoms with van der Waals surface area (Å²) in [7, 11) is 0. The topological polar surface area (TPSA) is 14.1 Å². The minimum atomic E-state index is 0.887. The van der Waals surface area contributed by atoms with Gasteiger partial charge < -0.3 is 0 Å². The van der Waals surface area contributed by atoms with Crippen LogP contribution in [0.25, 0.3) is 0 Å². The normalized spacial score (nSPS) is 18.3. The van der Waals surface area contributed by atoms with E-state index < -0.39 is 0 Å². The molecule has 0 aliphatic carbocycles. The highest BCUT2D eigenvalue weighted by molar-refractivity contribution is 7.99. The molecule has 1 aliphatic heterocycles. The zero-order valence-electron chi connectivity index (χ0n) is 8.36. The minimum Gasteiger partial charge on any atom is -0.242 e. The molecular weight excluding hydrogens is 190 g/mol. The number of hydrogen-bond donors (Lipinski definition) is 0. The molecule has 1 radical (unpaired) electrons. The molecule has 0 aromatic heterocycles. The molecule has 1 aliphatic rings. The fourth-order valence-corrected chi connectivity index (χ4v) is 2.81. The Bertz CT molecular complexity index is 254. The molecule has 0 bridgehead atoms. The SMILES string of the molecule is c1ccc(SCC2CC[N]CC2)cc1. The van der Waals surface area contributed by atoms with E-state index in [1.807, 2.05) is 11.8 Å². The average Bonchev–Trinajstić information content (AvgIpc) is 2.29. The van der Waals surface area contributed by atoms with Crippen molar-refractivity contribution in [2.45, 2.75) is 17.7 Å². The Morgan fingerprint density at radius 1 is 1.14 bits per heavy atom. The lowest BCUT2D eigenvalue weighted by Crippen LogP contribution is -2.23. The molecule has 2 heteroatoms. The minimum absolute atomic E-state index is 0.887. The average molecular weight is 206 g/mol. The van der Waals surface area contributed by atoms with E-state index in [4.69, 9.17) is 0 Å². The third kappa shape index (κ3) is 3.03. The first-order chi connectivity index (χ1) is 6.95. The quantitative estimate of drug-likeness (QED) is 0.694. The molecule has 1 aromatic rings. The molecule has 1 heterocycles. The first kappa shape index (κ1) is 10.1. The Balaban J connectivity index is 1.76. The van der Waals surface area contributed by atoms with E-state index in [-0.39, 0.29) is 0 Å². The third-order valence-electron chi connectivity index (χ3n) is 2.62. The van der Waals surface area contributed by atoms with Gasteiger partial charge in [-0.1, -0.05) is 18.2 Å². The lowest BCUT2D eigenvalue weighted by Gasteiger charge is -2.20. The molecule has 75 valence electrons. The maximum absolute atomic E-state index is 4.37. The van der Waals surface area contributed by atoms with Crippen LogP contribution in [0.5, 0.6) is 0 Å². The number of piperidine rings is 1. The lowest BCUT2D eigenvalue weighted by atomic mass is 10.0. The molecule has 0 saturated carbocycles. The van der Waals surface area contributed by atoms with Crippen molar-refractivity contribution in [3.05, 3.63) is 30.3 Å². The fraction of sp³-hybridized carbons (Fsp3) is 0.500. The molecule has 1 nitrogen and oxygen atoms in total. The molecule has 1 aromatic carbocycles. The predicted molar refractivity (Wildman–Crippen MR) is 61.8 cm³/mol. The van der Waals surface area contributed by atoms with Crippen molar-refractivity contribution >= 4 is 11.8 Å². The molecule has 2 rings (SSSR count). The van der Waals surface area contributed by atoms with Crippen LogP contribution < -0.4 is 5.32 Å². The van der Waals surface area contributed by atoms with Crippen molar-refractivity contribution in [1.29, 1.82) is 0 Å². The summed E-state index contributed by atoms with van der Waals surface area (Å²) in [5, 5.41) is 4.37. The number of rotatable bonds is 3. The van der Waals surface area contributed by atoms with Crippen LogP contribution in [0.4, 0.5) is 0 Å². The van der Waals surface area contributed by atoms with Crippen LogP contribution in [0.1, 0.15) is 12.8 Å². The smallest absolute Gasteiger partial charge is 0.0136 e. The summed E-state index contributed by atoms with van der Waals surface area (Å²) in [4.78, 5) is 1.40. The van der Waals surface area contributed by atoms with Crippen molar-refractivity contribution in [1.82, 2.24) is 5.32 Å². The van der Waals surface area contributed by atoms with Gasteiger partial charge in [-0.2, -0.15) is 0 Å². The molecule has 0 amide bonds. The molecule has 0 atom stereocenters. The zero-order chi connectivity index (χ0) is 9.64. The van der Waals surface area contributed by atoms with Gasteiger partial charge in [-0.05, 0) is 30.9 Å². The van der Waals surface area contributed by atoms with E-state index in [1.165, 1.54) is 23.5 Å². The Hall–Kier alpha value is -0.470. The maximum Gasteiger partial charge on any atom is 0.0136 e. The summed E-state index contributed by atoms with van der Waals surface area (Å²) in [6, 6.07) is 10.7. The molecule has 1 fully saturated rings. The van der Waals surface area contributed by atoms with Crippen molar-refractivity contribution in [3.8, 4) is 0 Å². The van der Waals surface area contributed by atoms with Crippen LogP contribution in [-0.4, -0.2) is 18.8 Å². The Kier molecular flexibility index (Phi) is 3.90. The Morgan fingerprint density at radius 3 is 2.57 bits per heavy atom. The third-order valence-corrected chi connectivity index (χ3v) is 3.86. The number of benzene rings is 1. The monoisotopic (exact) mass is 206 g/mol. The second kappa shape index (κ2) is 5.42. The van der Waals surface area contributed by atoms with Crippen LogP contribution in [0.3, 0.4) is 0 Å². The highest BCUT2D eigenvalue weighted by Crippen LogP contribution is 2.24. The van der Waals surface area contributed by atoms with Crippen LogP contribution in [0, 0.1) is 5.92 Å². The van der Waals surface area contributed by atoms with Gasteiger partial charge in [-0.3, -0.25) is 0 Å². The van der Waals surface area contributed by atoms with E-state index in [2.05, 4.69) is 35.6 Å². The van der Waals surface area contributed by atoms with Gasteiger partial charge in [-0.15, -0.1) is 11.8 Å². The van der Waals surface area contributed by atoms with Crippen molar-refractivity contribution in [2.75, 3.05) is 18.8 Å². The van der Waals surface area contributed by atoms with Crippen LogP contribution in [0.2, 0.25) is 0 Å². The van der Waals surface area contributed by atoms with Crippen molar-refractivity contribution in [3.63, 3.8) is 0 Å². The highest BCUT2D eigenvalue weighted by atomic mass is 32.2. The highest BCUT2D eigenvalue weighted by Gasteiger charge is 2.13. The number of nitrogens with zero attached hydrogens (tertiary/aromatic N) is 1. The Morgan fingerprint density at radius 2 is 1.86 bits per heavy atom. The zero-order valence-corrected chi connectivity index (χ0v) is 9.17. The summed E-state index contributed by atoms with van der Waals surface area (Å²) in [6.45, 7) is 2.17. The van der Waals surface area contributed by atoms with Gasteiger partial charge >= 0.3 is 0 Å².